The summed E-state index contributed by atoms with van der Waals surface area (Å²) in [4.78, 5) is 10.2. The van der Waals surface area contributed by atoms with Crippen molar-refractivity contribution in [1.29, 1.82) is 0 Å². The van der Waals surface area contributed by atoms with Crippen molar-refractivity contribution < 1.29 is 23.8 Å². The van der Waals surface area contributed by atoms with Gasteiger partial charge in [0.15, 0.2) is 11.6 Å². The predicted octanol–water partition coefficient (Wildman–Crippen LogP) is 1.69. The molecule has 76 valence electrons. The molecule has 0 heterocycles. The van der Waals surface area contributed by atoms with Gasteiger partial charge in [0.1, 0.15) is 5.82 Å². The van der Waals surface area contributed by atoms with Crippen LogP contribution in [0.25, 0.3) is 0 Å². The van der Waals surface area contributed by atoms with Gasteiger partial charge in [-0.1, -0.05) is 0 Å². The third-order valence-electron chi connectivity index (χ3n) is 1.75. The molecule has 2 N–H and O–H groups in total. The van der Waals surface area contributed by atoms with E-state index in [0.29, 0.717) is 0 Å². The van der Waals surface area contributed by atoms with Crippen LogP contribution in [0.3, 0.4) is 0 Å². The van der Waals surface area contributed by atoms with Crippen LogP contribution < -0.4 is 0 Å². The Bertz CT molecular complexity index is 363. The smallest absolute Gasteiger partial charge is 0.303 e. The van der Waals surface area contributed by atoms with Crippen LogP contribution in [-0.4, -0.2) is 16.2 Å². The number of aliphatic carboxylic acids is 1. The van der Waals surface area contributed by atoms with Gasteiger partial charge in [0, 0.05) is 12.0 Å². The molecule has 3 nitrogen and oxygen atoms in total. The van der Waals surface area contributed by atoms with E-state index in [1.807, 2.05) is 0 Å². The van der Waals surface area contributed by atoms with Crippen LogP contribution in [0.2, 0.25) is 0 Å². The van der Waals surface area contributed by atoms with Gasteiger partial charge >= 0.3 is 5.97 Å². The molecule has 14 heavy (non-hydrogen) atoms. The first-order chi connectivity index (χ1) is 6.52. The van der Waals surface area contributed by atoms with Crippen molar-refractivity contribution in [3.63, 3.8) is 0 Å². The van der Waals surface area contributed by atoms with Crippen LogP contribution in [0, 0.1) is 11.6 Å². The molecule has 0 fully saturated rings. The minimum Gasteiger partial charge on any atom is -0.505 e. The second kappa shape index (κ2) is 4.04. The SMILES string of the molecule is O=C(O)CCc1c(F)ccc(O)c1F. The molecule has 0 saturated heterocycles. The van der Waals surface area contributed by atoms with Gasteiger partial charge in [-0.15, -0.1) is 0 Å². The number of rotatable bonds is 3. The third kappa shape index (κ3) is 2.18. The lowest BCUT2D eigenvalue weighted by Crippen LogP contribution is -2.02. The van der Waals surface area contributed by atoms with Crippen LogP contribution in [-0.2, 0) is 11.2 Å². The van der Waals surface area contributed by atoms with Gasteiger partial charge in [0.25, 0.3) is 0 Å². The number of phenolic OH excluding ortho intramolecular Hbond substituents is 1. The fourth-order valence-corrected chi connectivity index (χ4v) is 1.05. The Morgan fingerprint density at radius 1 is 1.36 bits per heavy atom. The molecule has 0 bridgehead atoms. The zero-order valence-electron chi connectivity index (χ0n) is 7.13. The number of benzene rings is 1. The van der Waals surface area contributed by atoms with E-state index in [1.54, 1.807) is 0 Å². The van der Waals surface area contributed by atoms with E-state index in [2.05, 4.69) is 0 Å². The van der Waals surface area contributed by atoms with E-state index in [4.69, 9.17) is 10.2 Å². The molecule has 0 aliphatic heterocycles. The van der Waals surface area contributed by atoms with Crippen molar-refractivity contribution in [3.05, 3.63) is 29.3 Å². The van der Waals surface area contributed by atoms with E-state index >= 15 is 0 Å². The summed E-state index contributed by atoms with van der Waals surface area (Å²) in [5.74, 6) is -3.76. The lowest BCUT2D eigenvalue weighted by molar-refractivity contribution is -0.136. The monoisotopic (exact) mass is 202 g/mol. The first kappa shape index (κ1) is 10.4. The maximum absolute atomic E-state index is 13.0. The molecule has 0 amide bonds. The minimum atomic E-state index is -1.15. The van der Waals surface area contributed by atoms with Crippen LogP contribution in [0.1, 0.15) is 12.0 Å². The van der Waals surface area contributed by atoms with Gasteiger partial charge < -0.3 is 10.2 Å². The fraction of sp³-hybridized carbons (Fsp3) is 0.222. The Kier molecular flexibility index (Phi) is 3.01. The number of aromatic hydroxyl groups is 1. The van der Waals surface area contributed by atoms with Crippen molar-refractivity contribution in [2.24, 2.45) is 0 Å². The topological polar surface area (TPSA) is 57.5 Å². The third-order valence-corrected chi connectivity index (χ3v) is 1.75. The number of hydrogen-bond donors (Lipinski definition) is 2. The highest BCUT2D eigenvalue weighted by Gasteiger charge is 2.13. The van der Waals surface area contributed by atoms with Crippen molar-refractivity contribution in [2.45, 2.75) is 12.8 Å². The second-order valence-electron chi connectivity index (χ2n) is 2.75. The van der Waals surface area contributed by atoms with E-state index in [0.717, 1.165) is 12.1 Å². The number of carboxylic acid groups (broad SMARTS) is 1. The lowest BCUT2D eigenvalue weighted by Gasteiger charge is -2.04. The normalized spacial score (nSPS) is 10.1. The average molecular weight is 202 g/mol. The first-order valence-corrected chi connectivity index (χ1v) is 3.90. The Balaban J connectivity index is 2.95. The molecule has 0 radical (unpaired) electrons. The second-order valence-corrected chi connectivity index (χ2v) is 2.75. The number of phenols is 1. The quantitative estimate of drug-likeness (QED) is 0.784. The standard InChI is InChI=1S/C9H8F2O3/c10-6-2-3-7(12)9(11)5(6)1-4-8(13)14/h2-3,12H,1,4H2,(H,13,14). The predicted molar refractivity (Wildman–Crippen MR) is 44.0 cm³/mol. The molecule has 0 aromatic heterocycles. The lowest BCUT2D eigenvalue weighted by atomic mass is 10.1. The van der Waals surface area contributed by atoms with E-state index in [9.17, 15) is 13.6 Å². The molecule has 1 aromatic carbocycles. The first-order valence-electron chi connectivity index (χ1n) is 3.90. The number of carboxylic acids is 1. The zero-order chi connectivity index (χ0) is 10.7. The molecular formula is C9H8F2O3. The molecule has 1 aromatic rings. The Morgan fingerprint density at radius 3 is 2.57 bits per heavy atom. The zero-order valence-corrected chi connectivity index (χ0v) is 7.13. The Morgan fingerprint density at radius 2 is 2.00 bits per heavy atom. The van der Waals surface area contributed by atoms with Crippen LogP contribution in [0.15, 0.2) is 12.1 Å². The number of carbonyl (C=O) groups is 1. The van der Waals surface area contributed by atoms with Crippen molar-refractivity contribution in [3.8, 4) is 5.75 Å². The van der Waals surface area contributed by atoms with E-state index < -0.39 is 28.9 Å². The summed E-state index contributed by atoms with van der Waals surface area (Å²) in [6.45, 7) is 0. The van der Waals surface area contributed by atoms with Gasteiger partial charge in [0.2, 0.25) is 0 Å². The summed E-state index contributed by atoms with van der Waals surface area (Å²) in [5, 5.41) is 17.2. The summed E-state index contributed by atoms with van der Waals surface area (Å²) in [6.07, 6.45) is -0.654. The van der Waals surface area contributed by atoms with Crippen LogP contribution in [0.4, 0.5) is 8.78 Å². The molecular weight excluding hydrogens is 194 g/mol. The molecule has 1 rings (SSSR count). The van der Waals surface area contributed by atoms with Crippen molar-refractivity contribution in [1.82, 2.24) is 0 Å². The van der Waals surface area contributed by atoms with Crippen molar-refractivity contribution >= 4 is 5.97 Å². The summed E-state index contributed by atoms with van der Waals surface area (Å²) in [6, 6.07) is 1.78. The van der Waals surface area contributed by atoms with Gasteiger partial charge in [-0.3, -0.25) is 4.79 Å². The van der Waals surface area contributed by atoms with Crippen LogP contribution >= 0.6 is 0 Å². The van der Waals surface area contributed by atoms with Gasteiger partial charge in [0.05, 0.1) is 0 Å². The molecule has 0 spiro atoms. The summed E-state index contributed by atoms with van der Waals surface area (Å²) >= 11 is 0. The highest BCUT2D eigenvalue weighted by molar-refractivity contribution is 5.67. The van der Waals surface area contributed by atoms with E-state index in [1.165, 1.54) is 0 Å². The Labute approximate surface area is 78.6 Å². The average Bonchev–Trinajstić information content (AvgIpc) is 2.11. The molecule has 0 saturated carbocycles. The molecule has 0 atom stereocenters. The fourth-order valence-electron chi connectivity index (χ4n) is 1.05. The summed E-state index contributed by atoms with van der Waals surface area (Å²) in [7, 11) is 0. The van der Waals surface area contributed by atoms with E-state index in [-0.39, 0.29) is 12.8 Å². The number of halogens is 2. The molecule has 5 heteroatoms. The highest BCUT2D eigenvalue weighted by atomic mass is 19.1. The van der Waals surface area contributed by atoms with Gasteiger partial charge in [-0.05, 0) is 18.6 Å². The molecule has 0 aliphatic carbocycles. The van der Waals surface area contributed by atoms with Gasteiger partial charge in [-0.2, -0.15) is 0 Å². The minimum absolute atomic E-state index is 0.276. The Hall–Kier alpha value is -1.65. The maximum atomic E-state index is 13.0. The highest BCUT2D eigenvalue weighted by Crippen LogP contribution is 2.22. The number of hydrogen-bond acceptors (Lipinski definition) is 2. The summed E-state index contributed by atoms with van der Waals surface area (Å²) < 4.78 is 26.0. The molecule has 0 aliphatic rings. The van der Waals surface area contributed by atoms with Crippen LogP contribution in [0.5, 0.6) is 5.75 Å². The maximum Gasteiger partial charge on any atom is 0.303 e. The van der Waals surface area contributed by atoms with Crippen molar-refractivity contribution in [2.75, 3.05) is 0 Å². The molecule has 0 unspecified atom stereocenters. The largest absolute Gasteiger partial charge is 0.505 e. The summed E-state index contributed by atoms with van der Waals surface area (Å²) in [5.41, 5.74) is -0.396. The van der Waals surface area contributed by atoms with Gasteiger partial charge in [-0.25, -0.2) is 8.78 Å².